The van der Waals surface area contributed by atoms with Crippen molar-refractivity contribution in [3.63, 3.8) is 0 Å². The molecular weight excluding hydrogens is 661 g/mol. The minimum Gasteiger partial charge on any atom is -0.456 e. The average Bonchev–Trinajstić information content (AvgIpc) is 3.78. The summed E-state index contributed by atoms with van der Waals surface area (Å²) in [7, 11) is 0. The van der Waals surface area contributed by atoms with Crippen LogP contribution in [-0.2, 0) is 0 Å². The maximum Gasteiger partial charge on any atom is 0.164 e. The van der Waals surface area contributed by atoms with Crippen molar-refractivity contribution in [1.29, 1.82) is 0 Å². The third-order valence-corrected chi connectivity index (χ3v) is 10.4. The van der Waals surface area contributed by atoms with Gasteiger partial charge in [0.05, 0.1) is 11.0 Å². The highest BCUT2D eigenvalue weighted by atomic mass is 16.3. The lowest BCUT2D eigenvalue weighted by molar-refractivity contribution is 0.669. The summed E-state index contributed by atoms with van der Waals surface area (Å²) < 4.78 is 8.75. The van der Waals surface area contributed by atoms with Crippen LogP contribution >= 0.6 is 0 Å². The minimum atomic E-state index is 0.614. The van der Waals surface area contributed by atoms with Crippen molar-refractivity contribution in [3.05, 3.63) is 182 Å². The van der Waals surface area contributed by atoms with E-state index in [1.807, 2.05) is 72.8 Å². The lowest BCUT2D eigenvalue weighted by Crippen LogP contribution is -2.00. The van der Waals surface area contributed by atoms with Gasteiger partial charge >= 0.3 is 0 Å². The summed E-state index contributed by atoms with van der Waals surface area (Å²) in [5.74, 6) is 1.89. The number of fused-ring (bicyclic) bond motifs is 7. The van der Waals surface area contributed by atoms with Crippen molar-refractivity contribution in [1.82, 2.24) is 19.5 Å². The third-order valence-electron chi connectivity index (χ3n) is 10.4. The molecule has 54 heavy (non-hydrogen) atoms. The molecule has 0 aliphatic heterocycles. The molecule has 3 heterocycles. The molecule has 0 saturated heterocycles. The van der Waals surface area contributed by atoms with Gasteiger partial charge in [-0.3, -0.25) is 0 Å². The van der Waals surface area contributed by atoms with Crippen molar-refractivity contribution in [2.24, 2.45) is 0 Å². The summed E-state index contributed by atoms with van der Waals surface area (Å²) in [6, 6.07) is 63.5. The van der Waals surface area contributed by atoms with Crippen LogP contribution in [0.3, 0.4) is 0 Å². The highest BCUT2D eigenvalue weighted by Crippen LogP contribution is 2.38. The predicted molar refractivity (Wildman–Crippen MR) is 221 cm³/mol. The molecule has 3 aromatic heterocycles. The van der Waals surface area contributed by atoms with Gasteiger partial charge in [0.25, 0.3) is 0 Å². The van der Waals surface area contributed by atoms with Gasteiger partial charge < -0.3 is 8.98 Å². The molecule has 0 atom stereocenters. The Labute approximate surface area is 310 Å². The Morgan fingerprint density at radius 3 is 1.56 bits per heavy atom. The highest BCUT2D eigenvalue weighted by Gasteiger charge is 2.17. The van der Waals surface area contributed by atoms with Crippen LogP contribution in [-0.4, -0.2) is 19.5 Å². The standard InChI is InChI=1S/C49H30N4O/c1-3-12-32(13-4-1)47-50-48(33-14-5-2-6-15-33)52-49(51-47)37-22-26-46-42(30-37)41-29-36(21-25-45(41)54-46)35-20-24-44-40(28-35)39-17-9-10-18-43(39)53(44)38-23-19-31-11-7-8-16-34(31)27-38/h1-30H. The van der Waals surface area contributed by atoms with Crippen LogP contribution in [0.4, 0.5) is 0 Å². The van der Waals surface area contributed by atoms with Crippen molar-refractivity contribution in [2.45, 2.75) is 0 Å². The smallest absolute Gasteiger partial charge is 0.164 e. The third kappa shape index (κ3) is 4.98. The SMILES string of the molecule is c1ccc(-c2nc(-c3ccccc3)nc(-c3ccc4oc5ccc(-c6ccc7c(c6)c6ccccc6n7-c6ccc7ccccc7c6)cc5c4c3)n2)cc1. The molecule has 8 aromatic carbocycles. The molecule has 0 spiro atoms. The van der Waals surface area contributed by atoms with E-state index in [0.717, 1.165) is 55.4 Å². The summed E-state index contributed by atoms with van der Waals surface area (Å²) in [4.78, 5) is 14.8. The van der Waals surface area contributed by atoms with Crippen molar-refractivity contribution in [2.75, 3.05) is 0 Å². The fraction of sp³-hybridized carbons (Fsp3) is 0. The fourth-order valence-electron chi connectivity index (χ4n) is 7.78. The Bertz CT molecular complexity index is 3160. The summed E-state index contributed by atoms with van der Waals surface area (Å²) >= 11 is 0. The number of benzene rings is 8. The van der Waals surface area contributed by atoms with Gasteiger partial charge in [-0.05, 0) is 82.6 Å². The molecule has 0 aliphatic rings. The number of hydrogen-bond donors (Lipinski definition) is 0. The minimum absolute atomic E-state index is 0.614. The summed E-state index contributed by atoms with van der Waals surface area (Å²) in [5, 5.41) is 6.97. The van der Waals surface area contributed by atoms with Crippen molar-refractivity contribution >= 4 is 54.5 Å². The van der Waals surface area contributed by atoms with E-state index < -0.39 is 0 Å². The topological polar surface area (TPSA) is 56.7 Å². The van der Waals surface area contributed by atoms with Crippen LogP contribution < -0.4 is 0 Å². The van der Waals surface area contributed by atoms with E-state index in [0.29, 0.717) is 17.5 Å². The van der Waals surface area contributed by atoms with E-state index in [4.69, 9.17) is 19.4 Å². The first kappa shape index (κ1) is 30.3. The fourth-order valence-corrected chi connectivity index (χ4v) is 7.78. The van der Waals surface area contributed by atoms with Gasteiger partial charge in [-0.2, -0.15) is 0 Å². The Hall–Kier alpha value is -7.37. The Balaban J connectivity index is 1.04. The molecule has 11 rings (SSSR count). The monoisotopic (exact) mass is 690 g/mol. The lowest BCUT2D eigenvalue weighted by atomic mass is 10.00. The molecule has 0 amide bonds. The van der Waals surface area contributed by atoms with Gasteiger partial charge in [-0.1, -0.05) is 121 Å². The second-order valence-corrected chi connectivity index (χ2v) is 13.7. The Morgan fingerprint density at radius 1 is 0.333 bits per heavy atom. The molecule has 5 nitrogen and oxygen atoms in total. The molecule has 11 aromatic rings. The van der Waals surface area contributed by atoms with Gasteiger partial charge in [-0.15, -0.1) is 0 Å². The van der Waals surface area contributed by atoms with E-state index in [1.165, 1.54) is 32.6 Å². The first-order valence-corrected chi connectivity index (χ1v) is 18.1. The van der Waals surface area contributed by atoms with Crippen molar-refractivity contribution in [3.8, 4) is 51.0 Å². The maximum atomic E-state index is 6.37. The van der Waals surface area contributed by atoms with Crippen LogP contribution in [0.25, 0.3) is 105 Å². The molecular formula is C49H30N4O. The molecule has 0 fully saturated rings. The quantitative estimate of drug-likeness (QED) is 0.180. The average molecular weight is 691 g/mol. The van der Waals surface area contributed by atoms with E-state index in [1.54, 1.807) is 0 Å². The highest BCUT2D eigenvalue weighted by molar-refractivity contribution is 6.12. The lowest BCUT2D eigenvalue weighted by Gasteiger charge is -2.10. The molecule has 0 saturated carbocycles. The van der Waals surface area contributed by atoms with E-state index in [2.05, 4.69) is 114 Å². The largest absolute Gasteiger partial charge is 0.456 e. The van der Waals surface area contributed by atoms with Crippen LogP contribution in [0, 0.1) is 0 Å². The van der Waals surface area contributed by atoms with E-state index in [-0.39, 0.29) is 0 Å². The Kier molecular flexibility index (Phi) is 6.79. The first-order chi connectivity index (χ1) is 26.7. The second kappa shape index (κ2) is 12.1. The van der Waals surface area contributed by atoms with E-state index in [9.17, 15) is 0 Å². The molecule has 0 N–H and O–H groups in total. The predicted octanol–water partition coefficient (Wildman–Crippen LogP) is 12.7. The number of rotatable bonds is 5. The second-order valence-electron chi connectivity index (χ2n) is 13.7. The van der Waals surface area contributed by atoms with Crippen molar-refractivity contribution < 1.29 is 4.42 Å². The van der Waals surface area contributed by atoms with E-state index >= 15 is 0 Å². The summed E-state index contributed by atoms with van der Waals surface area (Å²) in [6.07, 6.45) is 0. The van der Waals surface area contributed by atoms with Gasteiger partial charge in [0.2, 0.25) is 0 Å². The van der Waals surface area contributed by atoms with Gasteiger partial charge in [0.1, 0.15) is 11.2 Å². The summed E-state index contributed by atoms with van der Waals surface area (Å²) in [5.41, 5.74) is 10.2. The number of hydrogen-bond acceptors (Lipinski definition) is 4. The van der Waals surface area contributed by atoms with Crippen LogP contribution in [0.5, 0.6) is 0 Å². The number of furan rings is 1. The number of aromatic nitrogens is 4. The zero-order valence-corrected chi connectivity index (χ0v) is 29.0. The zero-order chi connectivity index (χ0) is 35.6. The normalized spacial score (nSPS) is 11.7. The number of nitrogens with zero attached hydrogens (tertiary/aromatic N) is 4. The van der Waals surface area contributed by atoms with Crippen LogP contribution in [0.1, 0.15) is 0 Å². The molecule has 0 radical (unpaired) electrons. The molecule has 0 unspecified atom stereocenters. The van der Waals surface area contributed by atoms with Gasteiger partial charge in [0.15, 0.2) is 17.5 Å². The molecule has 0 aliphatic carbocycles. The van der Waals surface area contributed by atoms with Crippen LogP contribution in [0.2, 0.25) is 0 Å². The number of para-hydroxylation sites is 1. The summed E-state index contributed by atoms with van der Waals surface area (Å²) in [6.45, 7) is 0. The van der Waals surface area contributed by atoms with Gasteiger partial charge in [-0.25, -0.2) is 15.0 Å². The first-order valence-electron chi connectivity index (χ1n) is 18.1. The van der Waals surface area contributed by atoms with Crippen LogP contribution in [0.15, 0.2) is 186 Å². The molecule has 5 heteroatoms. The Morgan fingerprint density at radius 2 is 0.852 bits per heavy atom. The maximum absolute atomic E-state index is 6.37. The molecule has 252 valence electrons. The molecule has 0 bridgehead atoms. The van der Waals surface area contributed by atoms with Gasteiger partial charge in [0, 0.05) is 43.9 Å². The zero-order valence-electron chi connectivity index (χ0n) is 29.0.